The molecule has 1 fully saturated rings. The van der Waals surface area contributed by atoms with Gasteiger partial charge >= 0.3 is 0 Å². The second kappa shape index (κ2) is 4.08. The van der Waals surface area contributed by atoms with Crippen molar-refractivity contribution in [1.82, 2.24) is 10.2 Å². The minimum absolute atomic E-state index is 0.390. The third-order valence-corrected chi connectivity index (χ3v) is 3.01. The Morgan fingerprint density at radius 1 is 1.69 bits per heavy atom. The minimum Gasteiger partial charge on any atom is -0.302 e. The van der Waals surface area contributed by atoms with Crippen LogP contribution in [0.5, 0.6) is 0 Å². The van der Waals surface area contributed by atoms with Gasteiger partial charge in [0.1, 0.15) is 5.54 Å². The van der Waals surface area contributed by atoms with E-state index >= 15 is 0 Å². The van der Waals surface area contributed by atoms with Crippen LogP contribution in [0.3, 0.4) is 0 Å². The zero-order chi connectivity index (χ0) is 9.90. The number of likely N-dealkylation sites (N-methyl/N-ethyl adjacent to an activating group) is 1. The first-order valence-corrected chi connectivity index (χ1v) is 4.95. The van der Waals surface area contributed by atoms with E-state index in [9.17, 15) is 0 Å². The van der Waals surface area contributed by atoms with Gasteiger partial charge in [-0.3, -0.25) is 4.90 Å². The highest BCUT2D eigenvalue weighted by Crippen LogP contribution is 2.18. The van der Waals surface area contributed by atoms with Crippen LogP contribution in [0.15, 0.2) is 0 Å². The van der Waals surface area contributed by atoms with Crippen LogP contribution >= 0.6 is 0 Å². The van der Waals surface area contributed by atoms with Crippen molar-refractivity contribution in [3.8, 4) is 6.07 Å². The number of hydrogen-bond donors (Lipinski definition) is 1. The van der Waals surface area contributed by atoms with Crippen molar-refractivity contribution in [2.24, 2.45) is 0 Å². The molecule has 0 saturated carbocycles. The lowest BCUT2D eigenvalue weighted by molar-refractivity contribution is 0.220. The van der Waals surface area contributed by atoms with Gasteiger partial charge in [-0.1, -0.05) is 0 Å². The molecule has 2 atom stereocenters. The first-order chi connectivity index (χ1) is 6.11. The van der Waals surface area contributed by atoms with Gasteiger partial charge in [0.2, 0.25) is 0 Å². The van der Waals surface area contributed by atoms with Crippen LogP contribution < -0.4 is 5.32 Å². The summed E-state index contributed by atoms with van der Waals surface area (Å²) in [6.45, 7) is 6.17. The number of nitrogens with one attached hydrogen (secondary N) is 1. The van der Waals surface area contributed by atoms with Gasteiger partial charge < -0.3 is 5.32 Å². The molecule has 0 radical (unpaired) electrons. The SMILES string of the molecule is CNC(C)(C#N)CN1CCCC1C. The fourth-order valence-electron chi connectivity index (χ4n) is 1.80. The van der Waals surface area contributed by atoms with Crippen molar-refractivity contribution in [2.75, 3.05) is 20.1 Å². The predicted molar refractivity (Wildman–Crippen MR) is 53.3 cm³/mol. The molecule has 0 amide bonds. The molecule has 74 valence electrons. The molecule has 1 rings (SSSR count). The highest BCUT2D eigenvalue weighted by molar-refractivity contribution is 5.05. The molecule has 2 unspecified atom stereocenters. The molecule has 0 aromatic rings. The molecular weight excluding hydrogens is 162 g/mol. The van der Waals surface area contributed by atoms with Gasteiger partial charge in [-0.05, 0) is 40.3 Å². The van der Waals surface area contributed by atoms with E-state index in [1.807, 2.05) is 14.0 Å². The molecule has 13 heavy (non-hydrogen) atoms. The maximum atomic E-state index is 8.99. The van der Waals surface area contributed by atoms with Crippen LogP contribution in [0, 0.1) is 11.3 Å². The fraction of sp³-hybridized carbons (Fsp3) is 0.900. The maximum absolute atomic E-state index is 8.99. The average Bonchev–Trinajstić information content (AvgIpc) is 2.52. The summed E-state index contributed by atoms with van der Waals surface area (Å²) >= 11 is 0. The Morgan fingerprint density at radius 3 is 2.77 bits per heavy atom. The Balaban J connectivity index is 2.52. The lowest BCUT2D eigenvalue weighted by Crippen LogP contribution is -2.49. The van der Waals surface area contributed by atoms with Crippen molar-refractivity contribution >= 4 is 0 Å². The first-order valence-electron chi connectivity index (χ1n) is 4.95. The Hall–Kier alpha value is -0.590. The van der Waals surface area contributed by atoms with E-state index in [1.54, 1.807) is 0 Å². The zero-order valence-electron chi connectivity index (χ0n) is 8.80. The van der Waals surface area contributed by atoms with Crippen LogP contribution in [0.1, 0.15) is 26.7 Å². The van der Waals surface area contributed by atoms with Crippen molar-refractivity contribution in [3.05, 3.63) is 0 Å². The molecule has 1 aliphatic heterocycles. The number of nitriles is 1. The van der Waals surface area contributed by atoms with Gasteiger partial charge in [0.05, 0.1) is 6.07 Å². The van der Waals surface area contributed by atoms with Gasteiger partial charge in [0, 0.05) is 12.6 Å². The highest BCUT2D eigenvalue weighted by Gasteiger charge is 2.29. The maximum Gasteiger partial charge on any atom is 0.116 e. The summed E-state index contributed by atoms with van der Waals surface area (Å²) in [7, 11) is 1.85. The van der Waals surface area contributed by atoms with Crippen LogP contribution in [0.25, 0.3) is 0 Å². The van der Waals surface area contributed by atoms with E-state index in [2.05, 4.69) is 23.2 Å². The molecule has 3 heteroatoms. The van der Waals surface area contributed by atoms with Gasteiger partial charge in [-0.2, -0.15) is 5.26 Å². The molecular formula is C10H19N3. The van der Waals surface area contributed by atoms with Crippen molar-refractivity contribution in [1.29, 1.82) is 5.26 Å². The summed E-state index contributed by atoms with van der Waals surface area (Å²) in [6, 6.07) is 2.96. The summed E-state index contributed by atoms with van der Waals surface area (Å²) in [6.07, 6.45) is 2.54. The third kappa shape index (κ3) is 2.43. The molecule has 3 nitrogen and oxygen atoms in total. The summed E-state index contributed by atoms with van der Waals surface area (Å²) in [4.78, 5) is 2.39. The Bertz CT molecular complexity index is 209. The largest absolute Gasteiger partial charge is 0.302 e. The minimum atomic E-state index is -0.390. The monoisotopic (exact) mass is 181 g/mol. The second-order valence-electron chi connectivity index (χ2n) is 4.16. The van der Waals surface area contributed by atoms with E-state index in [0.717, 1.165) is 13.1 Å². The van der Waals surface area contributed by atoms with Crippen LogP contribution in [0.2, 0.25) is 0 Å². The number of likely N-dealkylation sites (tertiary alicyclic amines) is 1. The van der Waals surface area contributed by atoms with Crippen LogP contribution in [0.4, 0.5) is 0 Å². The molecule has 0 aromatic heterocycles. The summed E-state index contributed by atoms with van der Waals surface area (Å²) in [5, 5.41) is 12.1. The molecule has 1 aliphatic rings. The molecule has 1 heterocycles. The standard InChI is InChI=1S/C10H19N3/c1-9-5-4-6-13(9)8-10(2,7-11)12-3/h9,12H,4-6,8H2,1-3H3. The lowest BCUT2D eigenvalue weighted by Gasteiger charge is -2.29. The molecule has 0 aliphatic carbocycles. The van der Waals surface area contributed by atoms with E-state index in [-0.39, 0.29) is 0 Å². The lowest BCUT2D eigenvalue weighted by atomic mass is 10.0. The second-order valence-corrected chi connectivity index (χ2v) is 4.16. The van der Waals surface area contributed by atoms with Crippen molar-refractivity contribution < 1.29 is 0 Å². The molecule has 0 aromatic carbocycles. The van der Waals surface area contributed by atoms with Gasteiger partial charge in [0.15, 0.2) is 0 Å². The van der Waals surface area contributed by atoms with E-state index in [1.165, 1.54) is 12.8 Å². The fourth-order valence-corrected chi connectivity index (χ4v) is 1.80. The Morgan fingerprint density at radius 2 is 2.38 bits per heavy atom. The number of rotatable bonds is 3. The van der Waals surface area contributed by atoms with Gasteiger partial charge in [0.25, 0.3) is 0 Å². The van der Waals surface area contributed by atoms with E-state index in [0.29, 0.717) is 6.04 Å². The highest BCUT2D eigenvalue weighted by atomic mass is 15.2. The third-order valence-electron chi connectivity index (χ3n) is 3.01. The number of hydrogen-bond acceptors (Lipinski definition) is 3. The van der Waals surface area contributed by atoms with Gasteiger partial charge in [-0.25, -0.2) is 0 Å². The molecule has 1 N–H and O–H groups in total. The Kier molecular flexibility index (Phi) is 3.29. The predicted octanol–water partition coefficient (Wildman–Crippen LogP) is 0.972. The average molecular weight is 181 g/mol. The van der Waals surface area contributed by atoms with E-state index < -0.39 is 5.54 Å². The van der Waals surface area contributed by atoms with Crippen LogP contribution in [-0.4, -0.2) is 36.6 Å². The van der Waals surface area contributed by atoms with E-state index in [4.69, 9.17) is 5.26 Å². The zero-order valence-corrected chi connectivity index (χ0v) is 8.80. The topological polar surface area (TPSA) is 39.1 Å². The quantitative estimate of drug-likeness (QED) is 0.705. The van der Waals surface area contributed by atoms with Crippen molar-refractivity contribution in [3.63, 3.8) is 0 Å². The number of nitrogens with zero attached hydrogens (tertiary/aromatic N) is 2. The Labute approximate surface area is 80.7 Å². The summed E-state index contributed by atoms with van der Waals surface area (Å²) < 4.78 is 0. The van der Waals surface area contributed by atoms with Crippen molar-refractivity contribution in [2.45, 2.75) is 38.3 Å². The van der Waals surface area contributed by atoms with Gasteiger partial charge in [-0.15, -0.1) is 0 Å². The van der Waals surface area contributed by atoms with Crippen LogP contribution in [-0.2, 0) is 0 Å². The molecule has 0 bridgehead atoms. The summed E-state index contributed by atoms with van der Waals surface area (Å²) in [5.41, 5.74) is -0.390. The molecule has 0 spiro atoms. The normalized spacial score (nSPS) is 28.3. The summed E-state index contributed by atoms with van der Waals surface area (Å²) in [5.74, 6) is 0. The first kappa shape index (κ1) is 10.5. The smallest absolute Gasteiger partial charge is 0.116 e. The molecule has 1 saturated heterocycles.